The Hall–Kier alpha value is -1.83. The summed E-state index contributed by atoms with van der Waals surface area (Å²) in [7, 11) is 0. The molecule has 2 N–H and O–H groups in total. The second kappa shape index (κ2) is 8.03. The molecule has 2 aromatic rings. The molecule has 1 saturated heterocycles. The second-order valence-electron chi connectivity index (χ2n) is 5.22. The third-order valence-corrected chi connectivity index (χ3v) is 5.38. The second-order valence-corrected chi connectivity index (χ2v) is 7.70. The van der Waals surface area contributed by atoms with Crippen molar-refractivity contribution in [3.63, 3.8) is 0 Å². The van der Waals surface area contributed by atoms with Gasteiger partial charge in [-0.2, -0.15) is 0 Å². The molecule has 1 heterocycles. The number of benzene rings is 2. The third kappa shape index (κ3) is 4.84. The normalized spacial score (nSPS) is 18.2. The van der Waals surface area contributed by atoms with E-state index >= 15 is 0 Å². The van der Waals surface area contributed by atoms with Crippen molar-refractivity contribution in [2.45, 2.75) is 11.7 Å². The number of nitrogens with zero attached hydrogens (tertiary/aromatic N) is 1. The number of nitrogens with one attached hydrogen (secondary N) is 2. The van der Waals surface area contributed by atoms with E-state index in [2.05, 4.69) is 31.6 Å². The zero-order valence-electron chi connectivity index (χ0n) is 12.8. The van der Waals surface area contributed by atoms with E-state index in [0.717, 1.165) is 4.47 Å². The maximum atomic E-state index is 12.2. The Morgan fingerprint density at radius 2 is 1.96 bits per heavy atom. The van der Waals surface area contributed by atoms with E-state index in [1.807, 2.05) is 18.2 Å². The number of amidine groups is 1. The number of thioether (sulfide) groups is 1. The lowest BCUT2D eigenvalue weighted by Crippen LogP contribution is -2.28. The fraction of sp³-hybridized carbons (Fsp3) is 0.118. The van der Waals surface area contributed by atoms with Gasteiger partial charge in [-0.15, -0.1) is 0 Å². The fourth-order valence-corrected chi connectivity index (χ4v) is 3.66. The van der Waals surface area contributed by atoms with Crippen LogP contribution in [0, 0.1) is 0 Å². The smallest absolute Gasteiger partial charge is 0.240 e. The molecule has 1 unspecified atom stereocenters. The molecule has 1 aliphatic heterocycles. The molecule has 3 rings (SSSR count). The van der Waals surface area contributed by atoms with Crippen molar-refractivity contribution in [3.05, 3.63) is 58.0 Å². The quantitative estimate of drug-likeness (QED) is 0.745. The molecule has 1 fully saturated rings. The summed E-state index contributed by atoms with van der Waals surface area (Å²) in [6.07, 6.45) is 0.0669. The minimum Gasteiger partial charge on any atom is -0.325 e. The molecule has 0 bridgehead atoms. The van der Waals surface area contributed by atoms with E-state index in [1.54, 1.807) is 30.3 Å². The van der Waals surface area contributed by atoms with Crippen molar-refractivity contribution < 1.29 is 9.59 Å². The summed E-state index contributed by atoms with van der Waals surface area (Å²) in [6, 6.07) is 14.3. The van der Waals surface area contributed by atoms with Gasteiger partial charge in [-0.25, -0.2) is 4.99 Å². The van der Waals surface area contributed by atoms with Crippen molar-refractivity contribution >= 4 is 67.6 Å². The number of hydrogen-bond acceptors (Lipinski definition) is 4. The van der Waals surface area contributed by atoms with Gasteiger partial charge in [0.1, 0.15) is 5.25 Å². The number of hydrogen-bond donors (Lipinski definition) is 2. The summed E-state index contributed by atoms with van der Waals surface area (Å²) in [4.78, 5) is 28.6. The molecule has 8 heteroatoms. The zero-order chi connectivity index (χ0) is 17.8. The molecule has 1 atom stereocenters. The maximum Gasteiger partial charge on any atom is 0.240 e. The lowest BCUT2D eigenvalue weighted by Gasteiger charge is -2.08. The number of rotatable bonds is 4. The summed E-state index contributed by atoms with van der Waals surface area (Å²) in [5, 5.41) is 6.09. The Morgan fingerprint density at radius 3 is 2.68 bits per heavy atom. The number of carbonyl (C=O) groups is 2. The molecule has 0 aliphatic carbocycles. The van der Waals surface area contributed by atoms with Gasteiger partial charge in [0.25, 0.3) is 0 Å². The van der Waals surface area contributed by atoms with Gasteiger partial charge in [-0.05, 0) is 52.3 Å². The van der Waals surface area contributed by atoms with Gasteiger partial charge in [-0.1, -0.05) is 35.5 Å². The average molecular weight is 439 g/mol. The lowest BCUT2D eigenvalue weighted by molar-refractivity contribution is -0.122. The molecule has 2 amide bonds. The minimum atomic E-state index is -0.506. The molecule has 2 aromatic carbocycles. The highest BCUT2D eigenvalue weighted by molar-refractivity contribution is 9.10. The van der Waals surface area contributed by atoms with Crippen molar-refractivity contribution in [1.29, 1.82) is 0 Å². The van der Waals surface area contributed by atoms with E-state index in [4.69, 9.17) is 11.6 Å². The maximum absolute atomic E-state index is 12.2. The molecule has 128 valence electrons. The van der Waals surface area contributed by atoms with Crippen LogP contribution >= 0.6 is 39.3 Å². The molecule has 5 nitrogen and oxygen atoms in total. The highest BCUT2D eigenvalue weighted by Crippen LogP contribution is 2.27. The van der Waals surface area contributed by atoms with Crippen LogP contribution in [0.2, 0.25) is 5.02 Å². The van der Waals surface area contributed by atoms with E-state index < -0.39 is 5.25 Å². The monoisotopic (exact) mass is 437 g/mol. The summed E-state index contributed by atoms with van der Waals surface area (Å²) in [5.41, 5.74) is 1.36. The van der Waals surface area contributed by atoms with Crippen LogP contribution in [0.4, 0.5) is 11.4 Å². The first kappa shape index (κ1) is 18.0. The first-order valence-electron chi connectivity index (χ1n) is 7.37. The SMILES string of the molecule is O=C(CC1SC(=Nc2ccc(Cl)cc2)NC1=O)Nc1ccccc1Br. The van der Waals surface area contributed by atoms with Crippen molar-refractivity contribution in [1.82, 2.24) is 5.32 Å². The molecular weight excluding hydrogens is 426 g/mol. The van der Waals surface area contributed by atoms with E-state index in [9.17, 15) is 9.59 Å². The Morgan fingerprint density at radius 1 is 1.24 bits per heavy atom. The first-order chi connectivity index (χ1) is 12.0. The first-order valence-corrected chi connectivity index (χ1v) is 9.42. The van der Waals surface area contributed by atoms with Crippen LogP contribution in [0.1, 0.15) is 6.42 Å². The number of para-hydroxylation sites is 1. The predicted molar refractivity (Wildman–Crippen MR) is 105 cm³/mol. The number of carbonyl (C=O) groups excluding carboxylic acids is 2. The third-order valence-electron chi connectivity index (χ3n) is 3.35. The van der Waals surface area contributed by atoms with Gasteiger partial charge in [-0.3, -0.25) is 9.59 Å². The molecule has 0 aromatic heterocycles. The van der Waals surface area contributed by atoms with Crippen molar-refractivity contribution in [3.8, 4) is 0 Å². The summed E-state index contributed by atoms with van der Waals surface area (Å²) in [5.74, 6) is -0.452. The molecular formula is C17H13BrClN3O2S. The van der Waals surface area contributed by atoms with Crippen LogP contribution in [0.5, 0.6) is 0 Å². The average Bonchev–Trinajstić information content (AvgIpc) is 2.91. The topological polar surface area (TPSA) is 70.6 Å². The van der Waals surface area contributed by atoms with E-state index in [-0.39, 0.29) is 18.2 Å². The van der Waals surface area contributed by atoms with Crippen LogP contribution in [0.3, 0.4) is 0 Å². The van der Waals surface area contributed by atoms with Gasteiger partial charge < -0.3 is 10.6 Å². The molecule has 0 radical (unpaired) electrons. The predicted octanol–water partition coefficient (Wildman–Crippen LogP) is 4.35. The summed E-state index contributed by atoms with van der Waals surface area (Å²) >= 11 is 10.5. The molecule has 0 saturated carbocycles. The lowest BCUT2D eigenvalue weighted by atomic mass is 10.2. The van der Waals surface area contributed by atoms with Gasteiger partial charge in [0, 0.05) is 15.9 Å². The van der Waals surface area contributed by atoms with Gasteiger partial charge in [0.2, 0.25) is 11.8 Å². The molecule has 0 spiro atoms. The van der Waals surface area contributed by atoms with Crippen LogP contribution in [-0.2, 0) is 9.59 Å². The number of amides is 2. The van der Waals surface area contributed by atoms with Gasteiger partial charge in [0.05, 0.1) is 11.4 Å². The minimum absolute atomic E-state index is 0.0669. The Kier molecular flexibility index (Phi) is 5.78. The molecule has 25 heavy (non-hydrogen) atoms. The van der Waals surface area contributed by atoms with E-state index in [1.165, 1.54) is 11.8 Å². The van der Waals surface area contributed by atoms with Crippen molar-refractivity contribution in [2.24, 2.45) is 4.99 Å². The number of aliphatic imine (C=N–C) groups is 1. The van der Waals surface area contributed by atoms with Gasteiger partial charge >= 0.3 is 0 Å². The van der Waals surface area contributed by atoms with Crippen LogP contribution in [0.25, 0.3) is 0 Å². The standard InChI is InChI=1S/C17H13BrClN3O2S/c18-12-3-1-2-4-13(12)21-15(23)9-14-16(24)22-17(25-14)20-11-7-5-10(19)6-8-11/h1-8,14H,9H2,(H,21,23)(H,20,22,24). The summed E-state index contributed by atoms with van der Waals surface area (Å²) in [6.45, 7) is 0. The van der Waals surface area contributed by atoms with Gasteiger partial charge in [0.15, 0.2) is 5.17 Å². The Bertz CT molecular complexity index is 842. The Labute approximate surface area is 162 Å². The fourth-order valence-electron chi connectivity index (χ4n) is 2.16. The molecule has 1 aliphatic rings. The van der Waals surface area contributed by atoms with Crippen LogP contribution in [0.15, 0.2) is 58.0 Å². The zero-order valence-corrected chi connectivity index (χ0v) is 16.0. The van der Waals surface area contributed by atoms with Crippen molar-refractivity contribution in [2.75, 3.05) is 5.32 Å². The highest BCUT2D eigenvalue weighted by atomic mass is 79.9. The Balaban J connectivity index is 1.62. The number of halogens is 2. The summed E-state index contributed by atoms with van der Waals surface area (Å²) < 4.78 is 0.789. The van der Waals surface area contributed by atoms with E-state index in [0.29, 0.717) is 21.6 Å². The van der Waals surface area contributed by atoms with Crippen LogP contribution in [-0.4, -0.2) is 22.2 Å². The number of anilines is 1. The van der Waals surface area contributed by atoms with Crippen LogP contribution < -0.4 is 10.6 Å². The highest BCUT2D eigenvalue weighted by Gasteiger charge is 2.32. The largest absolute Gasteiger partial charge is 0.325 e.